The molecule has 0 fully saturated rings. The van der Waals surface area contributed by atoms with Crippen LogP contribution in [-0.2, 0) is 6.42 Å². The van der Waals surface area contributed by atoms with E-state index in [1.807, 2.05) is 17.5 Å². The van der Waals surface area contributed by atoms with E-state index >= 15 is 0 Å². The Hall–Kier alpha value is -0.930. The van der Waals surface area contributed by atoms with E-state index in [1.54, 1.807) is 0 Å². The normalized spacial score (nSPS) is 12.7. The van der Waals surface area contributed by atoms with Crippen molar-refractivity contribution in [3.63, 3.8) is 0 Å². The van der Waals surface area contributed by atoms with Gasteiger partial charge in [0.05, 0.1) is 5.38 Å². The Bertz CT molecular complexity index is 448. The maximum Gasteiger partial charge on any atom is 0.129 e. The molecule has 16 heavy (non-hydrogen) atoms. The maximum atomic E-state index is 13.4. The van der Waals surface area contributed by atoms with Gasteiger partial charge in [0.15, 0.2) is 0 Å². The summed E-state index contributed by atoms with van der Waals surface area (Å²) in [7, 11) is 0. The van der Waals surface area contributed by atoms with E-state index < -0.39 is 11.6 Å². The first-order valence-electron chi connectivity index (χ1n) is 4.79. The number of alkyl halides is 1. The average molecular weight is 259 g/mol. The molecule has 0 nitrogen and oxygen atoms in total. The fourth-order valence-electron chi connectivity index (χ4n) is 1.48. The van der Waals surface area contributed by atoms with Crippen LogP contribution in [0.15, 0.2) is 35.7 Å². The Kier molecular flexibility index (Phi) is 3.56. The molecule has 1 aromatic heterocycles. The molecule has 1 aromatic carbocycles. The van der Waals surface area contributed by atoms with Crippen molar-refractivity contribution in [3.05, 3.63) is 57.8 Å². The van der Waals surface area contributed by atoms with Crippen molar-refractivity contribution in [1.82, 2.24) is 0 Å². The molecule has 0 N–H and O–H groups in total. The third-order valence-corrected chi connectivity index (χ3v) is 3.80. The van der Waals surface area contributed by atoms with Gasteiger partial charge in [0, 0.05) is 10.4 Å². The van der Waals surface area contributed by atoms with Gasteiger partial charge in [-0.25, -0.2) is 8.78 Å². The van der Waals surface area contributed by atoms with Crippen molar-refractivity contribution >= 4 is 22.9 Å². The molecular formula is C12H9ClF2S. The topological polar surface area (TPSA) is 0 Å². The third kappa shape index (κ3) is 2.42. The minimum absolute atomic E-state index is 0.0518. The molecule has 1 unspecified atom stereocenters. The van der Waals surface area contributed by atoms with E-state index in [0.29, 0.717) is 0 Å². The zero-order chi connectivity index (χ0) is 11.5. The molecule has 0 aliphatic heterocycles. The van der Waals surface area contributed by atoms with E-state index in [9.17, 15) is 8.78 Å². The van der Waals surface area contributed by atoms with Crippen molar-refractivity contribution in [3.8, 4) is 0 Å². The third-order valence-electron chi connectivity index (χ3n) is 2.30. The molecular weight excluding hydrogens is 250 g/mol. The Morgan fingerprint density at radius 1 is 1.12 bits per heavy atom. The highest BCUT2D eigenvalue weighted by Gasteiger charge is 2.15. The molecule has 2 aromatic rings. The lowest BCUT2D eigenvalue weighted by molar-refractivity contribution is 0.553. The van der Waals surface area contributed by atoms with Gasteiger partial charge in [-0.2, -0.15) is 0 Å². The highest BCUT2D eigenvalue weighted by atomic mass is 35.5. The maximum absolute atomic E-state index is 13.4. The van der Waals surface area contributed by atoms with Gasteiger partial charge in [0.1, 0.15) is 11.6 Å². The summed E-state index contributed by atoms with van der Waals surface area (Å²) in [5, 5.41) is 1.51. The summed E-state index contributed by atoms with van der Waals surface area (Å²) in [6.07, 6.45) is 0.167. The predicted octanol–water partition coefficient (Wildman–Crippen LogP) is 4.55. The molecule has 1 heterocycles. The Morgan fingerprint density at radius 2 is 1.81 bits per heavy atom. The lowest BCUT2D eigenvalue weighted by Crippen LogP contribution is -2.00. The van der Waals surface area contributed by atoms with Gasteiger partial charge < -0.3 is 0 Å². The van der Waals surface area contributed by atoms with Crippen molar-refractivity contribution in [1.29, 1.82) is 0 Å². The molecule has 0 aliphatic carbocycles. The molecule has 1 atom stereocenters. The molecule has 4 heteroatoms. The molecule has 0 bridgehead atoms. The highest BCUT2D eigenvalue weighted by Crippen LogP contribution is 2.30. The molecule has 0 spiro atoms. The van der Waals surface area contributed by atoms with Crippen molar-refractivity contribution < 1.29 is 8.78 Å². The predicted molar refractivity (Wildman–Crippen MR) is 63.0 cm³/mol. The van der Waals surface area contributed by atoms with E-state index in [2.05, 4.69) is 0 Å². The van der Waals surface area contributed by atoms with Gasteiger partial charge in [-0.05, 0) is 30.0 Å². The summed E-state index contributed by atoms with van der Waals surface area (Å²) < 4.78 is 26.7. The number of thiophene rings is 1. The van der Waals surface area contributed by atoms with E-state index in [4.69, 9.17) is 11.6 Å². The minimum atomic E-state index is -0.540. The first kappa shape index (κ1) is 11.6. The van der Waals surface area contributed by atoms with Gasteiger partial charge in [0.25, 0.3) is 0 Å². The lowest BCUT2D eigenvalue weighted by atomic mass is 10.1. The Balaban J connectivity index is 2.21. The standard InChI is InChI=1S/C12H9ClF2S/c13-9(12-5-2-6-16-12)7-8-10(14)3-1-4-11(8)15/h1-6,9H,7H2. The summed E-state index contributed by atoms with van der Waals surface area (Å²) in [5.41, 5.74) is 0.0518. The summed E-state index contributed by atoms with van der Waals surface area (Å²) in [4.78, 5) is 0.921. The van der Waals surface area contributed by atoms with Gasteiger partial charge >= 0.3 is 0 Å². The molecule has 0 saturated heterocycles. The molecule has 2 rings (SSSR count). The molecule has 0 amide bonds. The second kappa shape index (κ2) is 4.93. The summed E-state index contributed by atoms with van der Waals surface area (Å²) in [5.74, 6) is -1.08. The summed E-state index contributed by atoms with van der Waals surface area (Å²) in [6.45, 7) is 0. The van der Waals surface area contributed by atoms with Crippen LogP contribution in [0, 0.1) is 11.6 Å². The number of rotatable bonds is 3. The van der Waals surface area contributed by atoms with Gasteiger partial charge in [-0.1, -0.05) is 12.1 Å². The van der Waals surface area contributed by atoms with E-state index in [1.165, 1.54) is 29.5 Å². The summed E-state index contributed by atoms with van der Waals surface area (Å²) in [6, 6.07) is 7.57. The zero-order valence-electron chi connectivity index (χ0n) is 8.29. The molecule has 84 valence electrons. The zero-order valence-corrected chi connectivity index (χ0v) is 9.86. The largest absolute Gasteiger partial charge is 0.207 e. The van der Waals surface area contributed by atoms with Crippen molar-refractivity contribution in [2.45, 2.75) is 11.8 Å². The Labute approximate surface area is 101 Å². The van der Waals surface area contributed by atoms with Crippen LogP contribution in [0.4, 0.5) is 8.78 Å². The second-order valence-corrected chi connectivity index (χ2v) is 4.89. The molecule has 0 aliphatic rings. The van der Waals surface area contributed by atoms with E-state index in [0.717, 1.165) is 4.88 Å². The van der Waals surface area contributed by atoms with Crippen LogP contribution in [0.25, 0.3) is 0 Å². The monoisotopic (exact) mass is 258 g/mol. The van der Waals surface area contributed by atoms with Crippen molar-refractivity contribution in [2.75, 3.05) is 0 Å². The van der Waals surface area contributed by atoms with Crippen LogP contribution in [0.2, 0.25) is 0 Å². The average Bonchev–Trinajstić information content (AvgIpc) is 2.76. The smallest absolute Gasteiger partial charge is 0.129 e. The number of benzene rings is 1. The fraction of sp³-hybridized carbons (Fsp3) is 0.167. The quantitative estimate of drug-likeness (QED) is 0.709. The minimum Gasteiger partial charge on any atom is -0.207 e. The van der Waals surface area contributed by atoms with Crippen LogP contribution in [-0.4, -0.2) is 0 Å². The van der Waals surface area contributed by atoms with Gasteiger partial charge in [-0.15, -0.1) is 22.9 Å². The van der Waals surface area contributed by atoms with E-state index in [-0.39, 0.29) is 17.4 Å². The second-order valence-electron chi connectivity index (χ2n) is 3.39. The van der Waals surface area contributed by atoms with Gasteiger partial charge in [-0.3, -0.25) is 0 Å². The van der Waals surface area contributed by atoms with Gasteiger partial charge in [0.2, 0.25) is 0 Å². The number of halogens is 3. The molecule has 0 saturated carbocycles. The summed E-state index contributed by atoms with van der Waals surface area (Å²) >= 11 is 7.59. The number of hydrogen-bond acceptors (Lipinski definition) is 1. The van der Waals surface area contributed by atoms with Crippen LogP contribution in [0.3, 0.4) is 0 Å². The molecule has 0 radical (unpaired) electrons. The highest BCUT2D eigenvalue weighted by molar-refractivity contribution is 7.10. The first-order chi connectivity index (χ1) is 7.68. The van der Waals surface area contributed by atoms with Crippen LogP contribution >= 0.6 is 22.9 Å². The Morgan fingerprint density at radius 3 is 2.38 bits per heavy atom. The lowest BCUT2D eigenvalue weighted by Gasteiger charge is -2.09. The first-order valence-corrected chi connectivity index (χ1v) is 6.10. The fourth-order valence-corrected chi connectivity index (χ4v) is 2.56. The van der Waals surface area contributed by atoms with Crippen LogP contribution < -0.4 is 0 Å². The van der Waals surface area contributed by atoms with Crippen molar-refractivity contribution in [2.24, 2.45) is 0 Å². The van der Waals surface area contributed by atoms with Crippen LogP contribution in [0.1, 0.15) is 15.8 Å². The van der Waals surface area contributed by atoms with Crippen LogP contribution in [0.5, 0.6) is 0 Å². The number of hydrogen-bond donors (Lipinski definition) is 0. The SMILES string of the molecule is Fc1cccc(F)c1CC(Cl)c1cccs1.